The highest BCUT2D eigenvalue weighted by molar-refractivity contribution is 5.87. The Labute approximate surface area is 308 Å². The van der Waals surface area contributed by atoms with Gasteiger partial charge in [-0.05, 0) is 42.4 Å². The van der Waals surface area contributed by atoms with Crippen molar-refractivity contribution in [2.45, 2.75) is 103 Å². The highest BCUT2D eigenvalue weighted by atomic mass is 19.1. The Morgan fingerprint density at radius 2 is 1.69 bits per heavy atom. The Balaban J connectivity index is 1.78. The average Bonchev–Trinajstić information content (AvgIpc) is 3.62. The highest BCUT2D eigenvalue weighted by Gasteiger charge is 2.43. The van der Waals surface area contributed by atoms with Gasteiger partial charge in [-0.25, -0.2) is 9.78 Å². The molecule has 13 heteroatoms. The maximum atomic E-state index is 14.1. The number of hydrogen-bond donors (Lipinski definition) is 2. The molecule has 12 nitrogen and oxygen atoms in total. The first-order chi connectivity index (χ1) is 24.8. The summed E-state index contributed by atoms with van der Waals surface area (Å²) >= 11 is 0. The number of pyridine rings is 1. The van der Waals surface area contributed by atoms with Crippen LogP contribution >= 0.6 is 0 Å². The number of esters is 1. The number of benzene rings is 1. The first-order valence-corrected chi connectivity index (χ1v) is 18.2. The third-order valence-corrected chi connectivity index (χ3v) is 10.3. The second-order valence-electron chi connectivity index (χ2n) is 14.1. The SMILES string of the molecule is CCC(C)C(C(CC(=O)N1CCC[C@H]1C(OC)C(C)C(=O)NC(Cc1ccccc1)C(=O)OC)OC)N(C)C(=O)C(Nc1cccc(F)n1)C(C)C. The van der Waals surface area contributed by atoms with Crippen LogP contribution in [0.15, 0.2) is 48.5 Å². The molecule has 2 heterocycles. The molecule has 1 aliphatic rings. The van der Waals surface area contributed by atoms with Crippen molar-refractivity contribution in [2.75, 3.05) is 40.2 Å². The van der Waals surface area contributed by atoms with Gasteiger partial charge in [0, 0.05) is 34.2 Å². The fraction of sp³-hybridized carbons (Fsp3) is 0.615. The number of ether oxygens (including phenoxy) is 3. The van der Waals surface area contributed by atoms with E-state index in [0.29, 0.717) is 13.0 Å². The largest absolute Gasteiger partial charge is 0.467 e. The summed E-state index contributed by atoms with van der Waals surface area (Å²) in [6.07, 6.45) is 1.06. The van der Waals surface area contributed by atoms with E-state index in [9.17, 15) is 23.6 Å². The number of nitrogens with one attached hydrogen (secondary N) is 2. The van der Waals surface area contributed by atoms with E-state index in [0.717, 1.165) is 18.4 Å². The topological polar surface area (TPSA) is 139 Å². The predicted molar refractivity (Wildman–Crippen MR) is 197 cm³/mol. The van der Waals surface area contributed by atoms with Crippen LogP contribution in [0, 0.1) is 23.7 Å². The third-order valence-electron chi connectivity index (χ3n) is 10.3. The summed E-state index contributed by atoms with van der Waals surface area (Å²) in [4.78, 5) is 61.7. The quantitative estimate of drug-likeness (QED) is 0.159. The molecule has 3 amide bonds. The molecule has 8 atom stereocenters. The van der Waals surface area contributed by atoms with Gasteiger partial charge in [-0.1, -0.05) is 77.4 Å². The zero-order chi connectivity index (χ0) is 38.5. The summed E-state index contributed by atoms with van der Waals surface area (Å²) in [6, 6.07) is 11.3. The number of rotatable bonds is 19. The number of halogens is 1. The van der Waals surface area contributed by atoms with E-state index >= 15 is 0 Å². The van der Waals surface area contributed by atoms with Crippen molar-refractivity contribution in [3.05, 3.63) is 60.0 Å². The summed E-state index contributed by atoms with van der Waals surface area (Å²) in [6.45, 7) is 10.1. The van der Waals surface area contributed by atoms with Gasteiger partial charge in [-0.2, -0.15) is 4.39 Å². The van der Waals surface area contributed by atoms with Crippen LogP contribution in [0.4, 0.5) is 10.2 Å². The molecule has 1 aromatic carbocycles. The molecule has 3 rings (SSSR count). The van der Waals surface area contributed by atoms with Gasteiger partial charge < -0.3 is 34.6 Å². The minimum atomic E-state index is -0.892. The van der Waals surface area contributed by atoms with Crippen LogP contribution in [-0.2, 0) is 39.8 Å². The van der Waals surface area contributed by atoms with Gasteiger partial charge in [0.05, 0.1) is 43.7 Å². The summed E-state index contributed by atoms with van der Waals surface area (Å²) in [5.74, 6) is -2.61. The Morgan fingerprint density at radius 1 is 1.00 bits per heavy atom. The number of hydrogen-bond acceptors (Lipinski definition) is 9. The number of carbonyl (C=O) groups excluding carboxylic acids is 4. The van der Waals surface area contributed by atoms with E-state index in [1.54, 1.807) is 36.9 Å². The van der Waals surface area contributed by atoms with Gasteiger partial charge >= 0.3 is 5.97 Å². The maximum Gasteiger partial charge on any atom is 0.328 e. The number of methoxy groups -OCH3 is 3. The Hall–Kier alpha value is -4.10. The summed E-state index contributed by atoms with van der Waals surface area (Å²) in [5, 5.41) is 5.95. The van der Waals surface area contributed by atoms with Gasteiger partial charge in [-0.3, -0.25) is 14.4 Å². The van der Waals surface area contributed by atoms with Crippen LogP contribution in [0.1, 0.15) is 65.9 Å². The van der Waals surface area contributed by atoms with Crippen molar-refractivity contribution in [2.24, 2.45) is 17.8 Å². The normalized spacial score (nSPS) is 18.4. The minimum Gasteiger partial charge on any atom is -0.467 e. The molecule has 0 bridgehead atoms. The van der Waals surface area contributed by atoms with E-state index in [1.807, 2.05) is 58.0 Å². The second kappa shape index (κ2) is 20.2. The predicted octanol–water partition coefficient (Wildman–Crippen LogP) is 4.48. The lowest BCUT2D eigenvalue weighted by atomic mass is 9.89. The van der Waals surface area contributed by atoms with Crippen LogP contribution in [0.5, 0.6) is 0 Å². The molecular weight excluding hydrogens is 669 g/mol. The summed E-state index contributed by atoms with van der Waals surface area (Å²) in [5.41, 5.74) is 0.872. The Bertz CT molecular complexity index is 1460. The first-order valence-electron chi connectivity index (χ1n) is 18.2. The molecule has 288 valence electrons. The van der Waals surface area contributed by atoms with Crippen molar-refractivity contribution < 1.29 is 37.8 Å². The fourth-order valence-electron chi connectivity index (χ4n) is 7.18. The molecule has 1 fully saturated rings. The van der Waals surface area contributed by atoms with Gasteiger partial charge in [0.25, 0.3) is 0 Å². The number of nitrogens with zero attached hydrogens (tertiary/aromatic N) is 3. The van der Waals surface area contributed by atoms with Gasteiger partial charge in [0.15, 0.2) is 0 Å². The molecule has 2 N–H and O–H groups in total. The van der Waals surface area contributed by atoms with Crippen molar-refractivity contribution >= 4 is 29.5 Å². The van der Waals surface area contributed by atoms with Crippen molar-refractivity contribution in [3.63, 3.8) is 0 Å². The lowest BCUT2D eigenvalue weighted by molar-refractivity contribution is -0.148. The first kappa shape index (κ1) is 42.3. The number of carbonyl (C=O) groups is 4. The van der Waals surface area contributed by atoms with Crippen molar-refractivity contribution in [1.82, 2.24) is 20.1 Å². The molecule has 0 saturated carbocycles. The van der Waals surface area contributed by atoms with E-state index < -0.39 is 54.2 Å². The summed E-state index contributed by atoms with van der Waals surface area (Å²) in [7, 11) is 6.06. The molecule has 1 aliphatic heterocycles. The molecule has 0 spiro atoms. The molecular formula is C39H58FN5O7. The van der Waals surface area contributed by atoms with Crippen LogP contribution in [-0.4, -0.2) is 110 Å². The van der Waals surface area contributed by atoms with E-state index in [4.69, 9.17) is 14.2 Å². The lowest BCUT2D eigenvalue weighted by Crippen LogP contribution is -2.56. The monoisotopic (exact) mass is 727 g/mol. The van der Waals surface area contributed by atoms with Crippen LogP contribution in [0.3, 0.4) is 0 Å². The van der Waals surface area contributed by atoms with Gasteiger partial charge in [0.1, 0.15) is 17.9 Å². The van der Waals surface area contributed by atoms with Crippen molar-refractivity contribution in [1.29, 1.82) is 0 Å². The van der Waals surface area contributed by atoms with Gasteiger partial charge in [-0.15, -0.1) is 0 Å². The smallest absolute Gasteiger partial charge is 0.328 e. The molecule has 1 saturated heterocycles. The number of aromatic nitrogens is 1. The van der Waals surface area contributed by atoms with Crippen molar-refractivity contribution in [3.8, 4) is 0 Å². The van der Waals surface area contributed by atoms with Crippen LogP contribution < -0.4 is 10.6 Å². The highest BCUT2D eigenvalue weighted by Crippen LogP contribution is 2.30. The average molecular weight is 728 g/mol. The molecule has 0 aliphatic carbocycles. The zero-order valence-electron chi connectivity index (χ0n) is 32.1. The lowest BCUT2D eigenvalue weighted by Gasteiger charge is -2.41. The Kier molecular flexibility index (Phi) is 16.5. The van der Waals surface area contributed by atoms with E-state index in [1.165, 1.54) is 26.4 Å². The molecule has 0 radical (unpaired) electrons. The third kappa shape index (κ3) is 11.0. The number of anilines is 1. The van der Waals surface area contributed by atoms with Gasteiger partial charge in [0.2, 0.25) is 23.7 Å². The van der Waals surface area contributed by atoms with E-state index in [2.05, 4.69) is 15.6 Å². The van der Waals surface area contributed by atoms with E-state index in [-0.39, 0.29) is 48.2 Å². The number of amides is 3. The molecule has 1 aromatic heterocycles. The second-order valence-corrected chi connectivity index (χ2v) is 14.1. The standard InChI is InChI=1S/C39H58FN5O7/c1-10-25(4)35(44(6)38(48)34(24(2)3)43-32-20-14-19-31(40)42-32)30(50-7)23-33(46)45-21-15-18-29(45)36(51-8)26(5)37(47)41-28(39(49)52-9)22-27-16-12-11-13-17-27/h11-14,16-17,19-20,24-26,28-30,34-36H,10,15,18,21-23H2,1-9H3,(H,41,47)(H,42,43)/t25?,26?,28?,29-,30?,34?,35?,36?/m0/s1. The summed E-state index contributed by atoms with van der Waals surface area (Å²) < 4.78 is 30.7. The molecule has 7 unspecified atom stereocenters. The maximum absolute atomic E-state index is 14.1. The number of likely N-dealkylation sites (N-methyl/N-ethyl adjacent to an activating group) is 1. The molecule has 52 heavy (non-hydrogen) atoms. The minimum absolute atomic E-state index is 0.00333. The number of likely N-dealkylation sites (tertiary alicyclic amines) is 1. The molecule has 2 aromatic rings. The van der Waals surface area contributed by atoms with Crippen LogP contribution in [0.2, 0.25) is 0 Å². The van der Waals surface area contributed by atoms with Crippen LogP contribution in [0.25, 0.3) is 0 Å². The Morgan fingerprint density at radius 3 is 2.27 bits per heavy atom. The zero-order valence-corrected chi connectivity index (χ0v) is 32.1. The fourth-order valence-corrected chi connectivity index (χ4v) is 7.18.